The lowest BCUT2D eigenvalue weighted by molar-refractivity contribution is -0.390. The number of hydrogen-bond acceptors (Lipinski definition) is 4. The Morgan fingerprint density at radius 3 is 2.75 bits per heavy atom. The second-order valence-corrected chi connectivity index (χ2v) is 4.32. The number of rotatable bonds is 4. The maximum atomic E-state index is 13.1. The van der Waals surface area contributed by atoms with Crippen LogP contribution in [-0.4, -0.2) is 21.2 Å². The number of benzene rings is 1. The molecule has 1 rings (SSSR count). The molecule has 5 nitrogen and oxygen atoms in total. The highest BCUT2D eigenvalue weighted by atomic mass is 32.2. The van der Waals surface area contributed by atoms with E-state index < -0.39 is 27.6 Å². The third-order valence-electron chi connectivity index (χ3n) is 1.78. The standard InChI is InChI=1S/C9H8FNO4S/c1-5(9(12)13)16-7-4-2-3-6(10)8(7)11(14)15/h2-5H,1H3,(H,12,13). The zero-order chi connectivity index (χ0) is 12.3. The number of aliphatic carboxylic acids is 1. The zero-order valence-electron chi connectivity index (χ0n) is 8.21. The number of nitrogens with zero attached hydrogens (tertiary/aromatic N) is 1. The molecule has 0 aliphatic rings. The lowest BCUT2D eigenvalue weighted by atomic mass is 10.3. The van der Waals surface area contributed by atoms with Gasteiger partial charge < -0.3 is 5.11 Å². The molecule has 0 spiro atoms. The molecule has 0 amide bonds. The first-order valence-electron chi connectivity index (χ1n) is 4.26. The van der Waals surface area contributed by atoms with Gasteiger partial charge in [0.05, 0.1) is 9.82 Å². The molecule has 1 unspecified atom stereocenters. The summed E-state index contributed by atoms with van der Waals surface area (Å²) in [6.07, 6.45) is 0. The molecular formula is C9H8FNO4S. The van der Waals surface area contributed by atoms with Gasteiger partial charge in [-0.25, -0.2) is 0 Å². The fraction of sp³-hybridized carbons (Fsp3) is 0.222. The number of hydrogen-bond donors (Lipinski definition) is 1. The summed E-state index contributed by atoms with van der Waals surface area (Å²) < 4.78 is 13.1. The van der Waals surface area contributed by atoms with Gasteiger partial charge >= 0.3 is 11.7 Å². The molecule has 0 aromatic heterocycles. The second-order valence-electron chi connectivity index (χ2n) is 2.94. The normalized spacial score (nSPS) is 12.1. The molecule has 0 saturated heterocycles. The van der Waals surface area contributed by atoms with Gasteiger partial charge in [0.25, 0.3) is 0 Å². The number of para-hydroxylation sites is 1. The number of nitro benzene ring substituents is 1. The molecule has 0 saturated carbocycles. The van der Waals surface area contributed by atoms with Crippen LogP contribution in [0.1, 0.15) is 6.92 Å². The highest BCUT2D eigenvalue weighted by Crippen LogP contribution is 2.33. The molecule has 0 fully saturated rings. The monoisotopic (exact) mass is 245 g/mol. The minimum absolute atomic E-state index is 0.0138. The van der Waals surface area contributed by atoms with Crippen molar-refractivity contribution < 1.29 is 19.2 Å². The predicted octanol–water partition coefficient (Wildman–Crippen LogP) is 2.30. The SMILES string of the molecule is CC(Sc1cccc(F)c1[N+](=O)[O-])C(=O)O. The Labute approximate surface area is 94.4 Å². The van der Waals surface area contributed by atoms with Crippen molar-refractivity contribution in [1.29, 1.82) is 0 Å². The Balaban J connectivity index is 3.09. The Hall–Kier alpha value is -1.63. The Kier molecular flexibility index (Phi) is 3.83. The summed E-state index contributed by atoms with van der Waals surface area (Å²) in [6.45, 7) is 1.38. The molecule has 16 heavy (non-hydrogen) atoms. The molecule has 0 aliphatic carbocycles. The quantitative estimate of drug-likeness (QED) is 0.500. The minimum Gasteiger partial charge on any atom is -0.480 e. The largest absolute Gasteiger partial charge is 0.480 e. The molecule has 0 aliphatic heterocycles. The van der Waals surface area contributed by atoms with Crippen LogP contribution in [-0.2, 0) is 4.79 Å². The van der Waals surface area contributed by atoms with Gasteiger partial charge in [-0.2, -0.15) is 4.39 Å². The molecule has 1 aromatic carbocycles. The third kappa shape index (κ3) is 2.69. The zero-order valence-corrected chi connectivity index (χ0v) is 9.03. The first-order valence-corrected chi connectivity index (χ1v) is 5.13. The average Bonchev–Trinajstić information content (AvgIpc) is 2.16. The summed E-state index contributed by atoms with van der Waals surface area (Å²) in [5.74, 6) is -2.07. The molecule has 0 radical (unpaired) electrons. The Bertz CT molecular complexity index is 438. The highest BCUT2D eigenvalue weighted by molar-refractivity contribution is 8.00. The van der Waals surface area contributed by atoms with E-state index in [0.29, 0.717) is 0 Å². The van der Waals surface area contributed by atoms with Gasteiger partial charge in [-0.3, -0.25) is 14.9 Å². The van der Waals surface area contributed by atoms with Crippen LogP contribution in [0.3, 0.4) is 0 Å². The average molecular weight is 245 g/mol. The van der Waals surface area contributed by atoms with Gasteiger partial charge in [0.1, 0.15) is 5.25 Å². The number of carbonyl (C=O) groups is 1. The Morgan fingerprint density at radius 2 is 2.25 bits per heavy atom. The summed E-state index contributed by atoms with van der Waals surface area (Å²) in [5.41, 5.74) is -0.680. The van der Waals surface area contributed by atoms with Crippen LogP contribution in [0.2, 0.25) is 0 Å². The van der Waals surface area contributed by atoms with E-state index in [-0.39, 0.29) is 4.90 Å². The lowest BCUT2D eigenvalue weighted by Crippen LogP contribution is -2.11. The van der Waals surface area contributed by atoms with Gasteiger partial charge in [0, 0.05) is 0 Å². The van der Waals surface area contributed by atoms with Gasteiger partial charge in [0.2, 0.25) is 5.82 Å². The molecular weight excluding hydrogens is 237 g/mol. The van der Waals surface area contributed by atoms with Crippen molar-refractivity contribution in [2.24, 2.45) is 0 Å². The summed E-state index contributed by atoms with van der Waals surface area (Å²) >= 11 is 0.740. The van der Waals surface area contributed by atoms with Crippen LogP contribution in [0.5, 0.6) is 0 Å². The maximum absolute atomic E-state index is 13.1. The maximum Gasteiger partial charge on any atom is 0.318 e. The molecule has 1 atom stereocenters. The van der Waals surface area contributed by atoms with Gasteiger partial charge in [0.15, 0.2) is 0 Å². The third-order valence-corrected chi connectivity index (χ3v) is 2.92. The van der Waals surface area contributed by atoms with E-state index >= 15 is 0 Å². The van der Waals surface area contributed by atoms with E-state index in [4.69, 9.17) is 5.11 Å². The van der Waals surface area contributed by atoms with Crippen molar-refractivity contribution in [3.8, 4) is 0 Å². The van der Waals surface area contributed by atoms with Crippen molar-refractivity contribution in [3.05, 3.63) is 34.1 Å². The molecule has 1 aromatic rings. The van der Waals surface area contributed by atoms with Gasteiger partial charge in [-0.15, -0.1) is 11.8 Å². The molecule has 7 heteroatoms. The first kappa shape index (κ1) is 12.4. The second kappa shape index (κ2) is 4.93. The highest BCUT2D eigenvalue weighted by Gasteiger charge is 2.23. The Morgan fingerprint density at radius 1 is 1.62 bits per heavy atom. The van der Waals surface area contributed by atoms with Crippen molar-refractivity contribution in [3.63, 3.8) is 0 Å². The molecule has 0 bridgehead atoms. The number of carboxylic acid groups (broad SMARTS) is 1. The lowest BCUT2D eigenvalue weighted by Gasteiger charge is -2.06. The van der Waals surface area contributed by atoms with E-state index in [1.807, 2.05) is 0 Å². The van der Waals surface area contributed by atoms with E-state index in [2.05, 4.69) is 0 Å². The van der Waals surface area contributed by atoms with E-state index in [0.717, 1.165) is 17.8 Å². The molecule has 1 N–H and O–H groups in total. The van der Waals surface area contributed by atoms with Gasteiger partial charge in [-0.1, -0.05) is 6.07 Å². The molecule has 0 heterocycles. The van der Waals surface area contributed by atoms with Crippen LogP contribution >= 0.6 is 11.8 Å². The summed E-state index contributed by atoms with van der Waals surface area (Å²) in [7, 11) is 0. The minimum atomic E-state index is -1.11. The fourth-order valence-electron chi connectivity index (χ4n) is 1.01. The summed E-state index contributed by atoms with van der Waals surface area (Å²) in [4.78, 5) is 20.3. The van der Waals surface area contributed by atoms with Crippen molar-refractivity contribution in [1.82, 2.24) is 0 Å². The van der Waals surface area contributed by atoms with Crippen molar-refractivity contribution >= 4 is 23.4 Å². The van der Waals surface area contributed by atoms with E-state index in [9.17, 15) is 19.3 Å². The molecule has 86 valence electrons. The van der Waals surface area contributed by atoms with Crippen LogP contribution in [0.15, 0.2) is 23.1 Å². The van der Waals surface area contributed by atoms with Crippen LogP contribution in [0.4, 0.5) is 10.1 Å². The van der Waals surface area contributed by atoms with Crippen LogP contribution in [0, 0.1) is 15.9 Å². The van der Waals surface area contributed by atoms with Crippen LogP contribution in [0.25, 0.3) is 0 Å². The van der Waals surface area contributed by atoms with E-state index in [1.165, 1.54) is 19.1 Å². The first-order chi connectivity index (χ1) is 7.43. The summed E-state index contributed by atoms with van der Waals surface area (Å²) in [5, 5.41) is 18.4. The smallest absolute Gasteiger partial charge is 0.318 e. The number of thioether (sulfide) groups is 1. The van der Waals surface area contributed by atoms with E-state index in [1.54, 1.807) is 0 Å². The predicted molar refractivity (Wildman–Crippen MR) is 56.0 cm³/mol. The fourth-order valence-corrected chi connectivity index (χ4v) is 1.93. The van der Waals surface area contributed by atoms with Crippen molar-refractivity contribution in [2.45, 2.75) is 17.1 Å². The van der Waals surface area contributed by atoms with Crippen molar-refractivity contribution in [2.75, 3.05) is 0 Å². The number of carboxylic acids is 1. The summed E-state index contributed by atoms with van der Waals surface area (Å²) in [6, 6.07) is 3.60. The van der Waals surface area contributed by atoms with Crippen LogP contribution < -0.4 is 0 Å². The number of nitro groups is 1. The van der Waals surface area contributed by atoms with Gasteiger partial charge in [-0.05, 0) is 19.1 Å². The topological polar surface area (TPSA) is 80.4 Å². The number of halogens is 1.